The summed E-state index contributed by atoms with van der Waals surface area (Å²) in [5.74, 6) is -1.57. The third-order valence-corrected chi connectivity index (χ3v) is 5.58. The lowest BCUT2D eigenvalue weighted by molar-refractivity contribution is 0.0730. The number of amides is 1. The van der Waals surface area contributed by atoms with Crippen LogP contribution >= 0.6 is 0 Å². The zero-order valence-corrected chi connectivity index (χ0v) is 16.3. The van der Waals surface area contributed by atoms with Gasteiger partial charge in [-0.1, -0.05) is 42.5 Å². The number of hydrogen-bond acceptors (Lipinski definition) is 3. The first kappa shape index (κ1) is 19.2. The topological polar surface area (TPSA) is 50.5 Å². The average Bonchev–Trinajstić information content (AvgIpc) is 3.05. The number of fused-ring (bicyclic) bond motifs is 2. The van der Waals surface area contributed by atoms with Crippen molar-refractivity contribution in [3.05, 3.63) is 117 Å². The van der Waals surface area contributed by atoms with Crippen molar-refractivity contribution in [2.24, 2.45) is 0 Å². The van der Waals surface area contributed by atoms with E-state index in [0.717, 1.165) is 11.6 Å². The minimum absolute atomic E-state index is 0.0536. The molecular weight excluding hydrogens is 400 g/mol. The Bertz CT molecular complexity index is 1360. The molecule has 154 valence electrons. The van der Waals surface area contributed by atoms with E-state index in [-0.39, 0.29) is 22.3 Å². The molecule has 31 heavy (non-hydrogen) atoms. The van der Waals surface area contributed by atoms with E-state index in [9.17, 15) is 18.4 Å². The summed E-state index contributed by atoms with van der Waals surface area (Å²) in [5.41, 5.74) is 1.25. The number of carbonyl (C=O) groups excluding carboxylic acids is 1. The van der Waals surface area contributed by atoms with Gasteiger partial charge in [0, 0.05) is 6.54 Å². The highest BCUT2D eigenvalue weighted by Crippen LogP contribution is 2.38. The Kier molecular flexibility index (Phi) is 4.62. The van der Waals surface area contributed by atoms with E-state index in [1.54, 1.807) is 6.07 Å². The highest BCUT2D eigenvalue weighted by atomic mass is 19.1. The fraction of sp³-hybridized carbons (Fsp3) is 0.120. The van der Waals surface area contributed by atoms with Crippen LogP contribution in [0.2, 0.25) is 0 Å². The molecule has 1 aliphatic heterocycles. The maximum atomic E-state index is 14.0. The molecule has 4 aromatic rings. The summed E-state index contributed by atoms with van der Waals surface area (Å²) in [4.78, 5) is 28.1. The van der Waals surface area contributed by atoms with Crippen molar-refractivity contribution in [1.82, 2.24) is 4.90 Å². The Morgan fingerprint density at radius 3 is 2.42 bits per heavy atom. The van der Waals surface area contributed by atoms with Crippen molar-refractivity contribution in [3.63, 3.8) is 0 Å². The SMILES string of the molecule is O=C1c2oc3ccc(F)cc3c(=O)c2C(c2cccc(F)c2)N1CCc1ccccc1. The van der Waals surface area contributed by atoms with Crippen LogP contribution in [0.4, 0.5) is 8.78 Å². The third kappa shape index (κ3) is 3.30. The fourth-order valence-corrected chi connectivity index (χ4v) is 4.14. The quantitative estimate of drug-likeness (QED) is 0.477. The number of carbonyl (C=O) groups is 1. The Labute approximate surface area is 176 Å². The van der Waals surface area contributed by atoms with Crippen LogP contribution in [0.15, 0.2) is 82.0 Å². The zero-order chi connectivity index (χ0) is 21.5. The van der Waals surface area contributed by atoms with Gasteiger partial charge in [-0.25, -0.2) is 8.78 Å². The van der Waals surface area contributed by atoms with Crippen molar-refractivity contribution in [3.8, 4) is 0 Å². The lowest BCUT2D eigenvalue weighted by Crippen LogP contribution is -2.31. The van der Waals surface area contributed by atoms with Gasteiger partial charge in [-0.05, 0) is 47.9 Å². The highest BCUT2D eigenvalue weighted by Gasteiger charge is 2.42. The second-order valence-electron chi connectivity index (χ2n) is 7.51. The molecule has 3 aromatic carbocycles. The number of nitrogens with zero attached hydrogens (tertiary/aromatic N) is 1. The second-order valence-corrected chi connectivity index (χ2v) is 7.51. The second kappa shape index (κ2) is 7.47. The van der Waals surface area contributed by atoms with E-state index in [4.69, 9.17) is 4.42 Å². The summed E-state index contributed by atoms with van der Waals surface area (Å²) >= 11 is 0. The van der Waals surface area contributed by atoms with Crippen LogP contribution in [-0.2, 0) is 6.42 Å². The van der Waals surface area contributed by atoms with Gasteiger partial charge in [-0.15, -0.1) is 0 Å². The Morgan fingerprint density at radius 2 is 1.65 bits per heavy atom. The Hall–Kier alpha value is -3.80. The molecule has 2 heterocycles. The van der Waals surface area contributed by atoms with Gasteiger partial charge in [0.2, 0.25) is 5.76 Å². The van der Waals surface area contributed by atoms with Crippen molar-refractivity contribution in [1.29, 1.82) is 0 Å². The number of rotatable bonds is 4. The molecule has 1 atom stereocenters. The first-order valence-corrected chi connectivity index (χ1v) is 9.89. The summed E-state index contributed by atoms with van der Waals surface area (Å²) in [6.07, 6.45) is 0.550. The lowest BCUT2D eigenvalue weighted by atomic mass is 9.98. The normalized spacial score (nSPS) is 15.5. The van der Waals surface area contributed by atoms with E-state index >= 15 is 0 Å². The molecule has 0 aliphatic carbocycles. The Balaban J connectivity index is 1.67. The number of hydrogen-bond donors (Lipinski definition) is 0. The van der Waals surface area contributed by atoms with E-state index in [2.05, 4.69) is 0 Å². The zero-order valence-electron chi connectivity index (χ0n) is 16.3. The monoisotopic (exact) mass is 417 g/mol. The molecule has 1 amide bonds. The first-order chi connectivity index (χ1) is 15.0. The molecule has 1 aromatic heterocycles. The van der Waals surface area contributed by atoms with Crippen LogP contribution in [0, 0.1) is 11.6 Å². The Morgan fingerprint density at radius 1 is 0.871 bits per heavy atom. The van der Waals surface area contributed by atoms with Crippen LogP contribution in [0.25, 0.3) is 11.0 Å². The highest BCUT2D eigenvalue weighted by molar-refractivity contribution is 5.99. The van der Waals surface area contributed by atoms with Crippen molar-refractivity contribution < 1.29 is 18.0 Å². The van der Waals surface area contributed by atoms with Crippen LogP contribution in [0.1, 0.15) is 33.3 Å². The lowest BCUT2D eigenvalue weighted by Gasteiger charge is -2.25. The molecule has 0 saturated carbocycles. The van der Waals surface area contributed by atoms with Gasteiger partial charge in [-0.3, -0.25) is 9.59 Å². The van der Waals surface area contributed by atoms with E-state index < -0.39 is 29.0 Å². The molecule has 0 radical (unpaired) electrons. The van der Waals surface area contributed by atoms with Crippen molar-refractivity contribution in [2.75, 3.05) is 6.54 Å². The predicted octanol–water partition coefficient (Wildman–Crippen LogP) is 4.86. The van der Waals surface area contributed by atoms with Crippen LogP contribution < -0.4 is 5.43 Å². The molecule has 1 unspecified atom stereocenters. The molecule has 1 aliphatic rings. The summed E-state index contributed by atoms with van der Waals surface area (Å²) in [7, 11) is 0. The molecule has 6 heteroatoms. The molecular formula is C25H17F2NO3. The molecule has 5 rings (SSSR count). The summed E-state index contributed by atoms with van der Waals surface area (Å²) < 4.78 is 33.6. The smallest absolute Gasteiger partial charge is 0.290 e. The standard InChI is InChI=1S/C25H17F2NO3/c26-17-8-4-7-16(13-17)22-21-23(29)19-14-18(27)9-10-20(19)31-24(21)25(30)28(22)12-11-15-5-2-1-3-6-15/h1-10,13-14,22H,11-12H2. The molecule has 0 saturated heterocycles. The van der Waals surface area contributed by atoms with Crippen LogP contribution in [0.3, 0.4) is 0 Å². The third-order valence-electron chi connectivity index (χ3n) is 5.58. The fourth-order valence-electron chi connectivity index (χ4n) is 4.14. The van der Waals surface area contributed by atoms with Crippen LogP contribution in [0.5, 0.6) is 0 Å². The number of benzene rings is 3. The summed E-state index contributed by atoms with van der Waals surface area (Å²) in [6.45, 7) is 0.304. The molecule has 0 bridgehead atoms. The van der Waals surface area contributed by atoms with Gasteiger partial charge in [0.25, 0.3) is 5.91 Å². The average molecular weight is 417 g/mol. The maximum Gasteiger partial charge on any atom is 0.290 e. The van der Waals surface area contributed by atoms with Gasteiger partial charge in [0.05, 0.1) is 17.0 Å². The van der Waals surface area contributed by atoms with Crippen molar-refractivity contribution >= 4 is 16.9 Å². The van der Waals surface area contributed by atoms with Crippen LogP contribution in [-0.4, -0.2) is 17.4 Å². The van der Waals surface area contributed by atoms with Crippen molar-refractivity contribution in [2.45, 2.75) is 12.5 Å². The molecule has 0 N–H and O–H groups in total. The van der Waals surface area contributed by atoms with E-state index in [0.29, 0.717) is 18.5 Å². The largest absolute Gasteiger partial charge is 0.450 e. The van der Waals surface area contributed by atoms with Gasteiger partial charge in [-0.2, -0.15) is 0 Å². The van der Waals surface area contributed by atoms with E-state index in [1.165, 1.54) is 35.2 Å². The van der Waals surface area contributed by atoms with Gasteiger partial charge in [0.15, 0.2) is 5.43 Å². The predicted molar refractivity (Wildman–Crippen MR) is 112 cm³/mol. The van der Waals surface area contributed by atoms with Gasteiger partial charge in [0.1, 0.15) is 17.2 Å². The summed E-state index contributed by atoms with van der Waals surface area (Å²) in [5, 5.41) is 0.0536. The molecule has 4 nitrogen and oxygen atoms in total. The molecule has 0 fully saturated rings. The van der Waals surface area contributed by atoms with E-state index in [1.807, 2.05) is 30.3 Å². The minimum atomic E-state index is -0.814. The molecule has 0 spiro atoms. The maximum absolute atomic E-state index is 14.0. The number of halogens is 2. The first-order valence-electron chi connectivity index (χ1n) is 9.89. The van der Waals surface area contributed by atoms with Gasteiger partial charge >= 0.3 is 0 Å². The minimum Gasteiger partial charge on any atom is -0.450 e. The summed E-state index contributed by atoms with van der Waals surface area (Å²) in [6, 6.07) is 18.2. The van der Waals surface area contributed by atoms with Gasteiger partial charge < -0.3 is 9.32 Å².